The summed E-state index contributed by atoms with van der Waals surface area (Å²) in [5, 5.41) is 12.6. The molecule has 0 amide bonds. The maximum absolute atomic E-state index is 10.8. The largest absolute Gasteiger partial charge is 0.436 e. The van der Waals surface area contributed by atoms with Crippen LogP contribution in [0.2, 0.25) is 5.02 Å². The minimum atomic E-state index is -0.505. The van der Waals surface area contributed by atoms with Crippen LogP contribution in [-0.2, 0) is 19.6 Å². The van der Waals surface area contributed by atoms with Crippen molar-refractivity contribution in [3.8, 4) is 16.6 Å². The summed E-state index contributed by atoms with van der Waals surface area (Å²) in [4.78, 5) is 22.6. The van der Waals surface area contributed by atoms with E-state index in [9.17, 15) is 10.1 Å². The van der Waals surface area contributed by atoms with Gasteiger partial charge in [-0.25, -0.2) is 4.98 Å². The normalized spacial score (nSPS) is 20.1. The Hall–Kier alpha value is -2.14. The van der Waals surface area contributed by atoms with Gasteiger partial charge >= 0.3 is 11.8 Å². The van der Waals surface area contributed by atoms with Crippen molar-refractivity contribution in [2.45, 2.75) is 32.2 Å². The standard InChI is InChI=1S/C18H16ClN5O3S.H2S/c1-18(10-23-8-15(24(25)26)21-17(23)27-18)9-22-6-13-14(7-22)28-16(20-13)11-2-4-12(19)5-3-11;/h2-5,8H,6-7,9-10H2,1H3;1H2/t18-;/m0./s1. The second-order valence-corrected chi connectivity index (χ2v) is 8.88. The van der Waals surface area contributed by atoms with Crippen molar-refractivity contribution < 1.29 is 9.66 Å². The van der Waals surface area contributed by atoms with E-state index in [2.05, 4.69) is 9.88 Å². The molecule has 2 aliphatic heterocycles. The molecule has 11 heteroatoms. The summed E-state index contributed by atoms with van der Waals surface area (Å²) in [6.45, 7) is 4.83. The zero-order valence-corrected chi connectivity index (χ0v) is 18.0. The number of ether oxygens (including phenoxy) is 1. The molecule has 0 saturated heterocycles. The van der Waals surface area contributed by atoms with Crippen LogP contribution in [0, 0.1) is 10.1 Å². The van der Waals surface area contributed by atoms with Crippen LogP contribution in [0.3, 0.4) is 0 Å². The summed E-state index contributed by atoms with van der Waals surface area (Å²) in [5.41, 5.74) is 1.71. The molecule has 4 heterocycles. The topological polar surface area (TPSA) is 86.3 Å². The van der Waals surface area contributed by atoms with E-state index in [1.54, 1.807) is 15.9 Å². The van der Waals surface area contributed by atoms with Gasteiger partial charge in [-0.2, -0.15) is 13.5 Å². The molecule has 1 aromatic carbocycles. The fourth-order valence-corrected chi connectivity index (χ4v) is 5.01. The lowest BCUT2D eigenvalue weighted by Gasteiger charge is -2.27. The number of hydrogen-bond donors (Lipinski definition) is 0. The number of nitro groups is 1. The second kappa shape index (κ2) is 7.28. The van der Waals surface area contributed by atoms with E-state index in [1.165, 1.54) is 11.1 Å². The average Bonchev–Trinajstić information content (AvgIpc) is 3.33. The van der Waals surface area contributed by atoms with Gasteiger partial charge in [0.1, 0.15) is 16.8 Å². The summed E-state index contributed by atoms with van der Waals surface area (Å²) in [6.07, 6.45) is 1.43. The first kappa shape index (κ1) is 20.1. The quantitative estimate of drug-likeness (QED) is 0.442. The highest BCUT2D eigenvalue weighted by Gasteiger charge is 2.42. The predicted molar refractivity (Wildman–Crippen MR) is 115 cm³/mol. The van der Waals surface area contributed by atoms with Crippen LogP contribution in [0.25, 0.3) is 10.6 Å². The Morgan fingerprint density at radius 2 is 2.07 bits per heavy atom. The number of benzene rings is 1. The molecular weight excluding hydrogens is 434 g/mol. The number of imidazole rings is 1. The molecule has 29 heavy (non-hydrogen) atoms. The molecule has 0 unspecified atom stereocenters. The smallest absolute Gasteiger partial charge is 0.415 e. The average molecular weight is 452 g/mol. The molecule has 3 aromatic rings. The van der Waals surface area contributed by atoms with Gasteiger partial charge in [-0.1, -0.05) is 23.7 Å². The lowest BCUT2D eigenvalue weighted by atomic mass is 10.1. The van der Waals surface area contributed by atoms with Crippen LogP contribution in [0.5, 0.6) is 6.01 Å². The Kier molecular flexibility index (Phi) is 5.06. The molecule has 0 radical (unpaired) electrons. The summed E-state index contributed by atoms with van der Waals surface area (Å²) in [5.74, 6) is -0.181. The van der Waals surface area contributed by atoms with Crippen molar-refractivity contribution in [1.29, 1.82) is 0 Å². The molecule has 5 rings (SSSR count). The van der Waals surface area contributed by atoms with E-state index < -0.39 is 10.5 Å². The first-order valence-corrected chi connectivity index (χ1v) is 9.95. The van der Waals surface area contributed by atoms with E-state index >= 15 is 0 Å². The highest BCUT2D eigenvalue weighted by molar-refractivity contribution is 7.59. The van der Waals surface area contributed by atoms with E-state index in [-0.39, 0.29) is 19.3 Å². The first-order valence-electron chi connectivity index (χ1n) is 8.76. The number of rotatable bonds is 4. The molecule has 152 valence electrons. The Bertz CT molecular complexity index is 1030. The Balaban J connectivity index is 0.00000205. The second-order valence-electron chi connectivity index (χ2n) is 7.36. The van der Waals surface area contributed by atoms with Crippen molar-refractivity contribution in [3.63, 3.8) is 0 Å². The highest BCUT2D eigenvalue weighted by Crippen LogP contribution is 2.37. The van der Waals surface area contributed by atoms with Gasteiger partial charge < -0.3 is 14.9 Å². The van der Waals surface area contributed by atoms with Gasteiger partial charge in [0, 0.05) is 40.1 Å². The SMILES string of the molecule is C[C@]1(CN2Cc3nc(-c4ccc(Cl)cc4)sc3C2)Cn2cc([N+](=O)[O-])nc2O1.S. The van der Waals surface area contributed by atoms with Crippen molar-refractivity contribution in [2.75, 3.05) is 6.54 Å². The number of fused-ring (bicyclic) bond motifs is 2. The maximum Gasteiger partial charge on any atom is 0.415 e. The van der Waals surface area contributed by atoms with E-state index in [0.29, 0.717) is 24.1 Å². The minimum Gasteiger partial charge on any atom is -0.436 e. The molecule has 0 saturated carbocycles. The van der Waals surface area contributed by atoms with Gasteiger partial charge in [0.15, 0.2) is 0 Å². The lowest BCUT2D eigenvalue weighted by molar-refractivity contribution is -0.389. The minimum absolute atomic E-state index is 0. The highest BCUT2D eigenvalue weighted by atomic mass is 35.5. The van der Waals surface area contributed by atoms with Gasteiger partial charge in [0.05, 0.1) is 12.2 Å². The number of nitrogens with zero attached hydrogens (tertiary/aromatic N) is 5. The zero-order valence-electron chi connectivity index (χ0n) is 15.5. The third-order valence-electron chi connectivity index (χ3n) is 4.92. The molecule has 0 N–H and O–H groups in total. The lowest BCUT2D eigenvalue weighted by Crippen LogP contribution is -2.43. The summed E-state index contributed by atoms with van der Waals surface area (Å²) in [6, 6.07) is 8.04. The predicted octanol–water partition coefficient (Wildman–Crippen LogP) is 3.85. The molecule has 0 bridgehead atoms. The van der Waals surface area contributed by atoms with Crippen LogP contribution in [0.4, 0.5) is 5.82 Å². The van der Waals surface area contributed by atoms with E-state index in [4.69, 9.17) is 21.3 Å². The number of aromatic nitrogens is 3. The maximum atomic E-state index is 10.8. The van der Waals surface area contributed by atoms with Gasteiger partial charge in [0.2, 0.25) is 0 Å². The molecule has 8 nitrogen and oxygen atoms in total. The van der Waals surface area contributed by atoms with E-state index in [0.717, 1.165) is 29.4 Å². The Morgan fingerprint density at radius 1 is 1.31 bits per heavy atom. The summed E-state index contributed by atoms with van der Waals surface area (Å²) < 4.78 is 7.65. The monoisotopic (exact) mass is 451 g/mol. The Labute approximate surface area is 182 Å². The zero-order chi connectivity index (χ0) is 19.5. The summed E-state index contributed by atoms with van der Waals surface area (Å²) >= 11 is 7.67. The number of thiazole rings is 1. The van der Waals surface area contributed by atoms with E-state index in [1.807, 2.05) is 31.2 Å². The molecule has 2 aliphatic rings. The molecule has 0 spiro atoms. The van der Waals surface area contributed by atoms with Crippen LogP contribution in [-0.4, -0.2) is 36.5 Å². The van der Waals surface area contributed by atoms with Gasteiger partial charge in [-0.15, -0.1) is 11.3 Å². The third kappa shape index (κ3) is 3.73. The van der Waals surface area contributed by atoms with Crippen molar-refractivity contribution >= 4 is 42.3 Å². The fourth-order valence-electron chi connectivity index (χ4n) is 3.77. The molecular formula is C18H18ClN5O3S2. The molecule has 2 aromatic heterocycles. The molecule has 0 fully saturated rings. The molecule has 1 atom stereocenters. The van der Waals surface area contributed by atoms with Crippen LogP contribution < -0.4 is 4.74 Å². The number of hydrogen-bond acceptors (Lipinski definition) is 7. The van der Waals surface area contributed by atoms with Gasteiger partial charge in [-0.05, 0) is 24.0 Å². The first-order chi connectivity index (χ1) is 13.4. The fraction of sp³-hybridized carbons (Fsp3) is 0.333. The number of halogens is 1. The van der Waals surface area contributed by atoms with Crippen LogP contribution in [0.1, 0.15) is 17.5 Å². The van der Waals surface area contributed by atoms with Gasteiger partial charge in [0.25, 0.3) is 0 Å². The Morgan fingerprint density at radius 3 is 2.72 bits per heavy atom. The third-order valence-corrected chi connectivity index (χ3v) is 6.31. The van der Waals surface area contributed by atoms with Crippen molar-refractivity contribution in [2.24, 2.45) is 0 Å². The van der Waals surface area contributed by atoms with Gasteiger partial charge in [-0.3, -0.25) is 9.47 Å². The summed E-state index contributed by atoms with van der Waals surface area (Å²) in [7, 11) is 0. The van der Waals surface area contributed by atoms with Crippen molar-refractivity contribution in [3.05, 3.63) is 56.2 Å². The molecule has 0 aliphatic carbocycles. The van der Waals surface area contributed by atoms with Crippen LogP contribution in [0.15, 0.2) is 30.5 Å². The van der Waals surface area contributed by atoms with Crippen LogP contribution >= 0.6 is 36.4 Å². The van der Waals surface area contributed by atoms with Crippen molar-refractivity contribution in [1.82, 2.24) is 19.4 Å².